The summed E-state index contributed by atoms with van der Waals surface area (Å²) in [6.45, 7) is 8.47. The largest absolute Gasteiger partial charge is 0.103 e. The summed E-state index contributed by atoms with van der Waals surface area (Å²) in [6, 6.07) is 0. The Kier molecular flexibility index (Phi) is 10.6. The molecule has 0 fully saturated rings. The van der Waals surface area contributed by atoms with Crippen molar-refractivity contribution in [1.82, 2.24) is 0 Å². The molecule has 0 rings (SSSR count). The minimum Gasteiger partial charge on any atom is -0.103 e. The molecule has 0 amide bonds. The van der Waals surface area contributed by atoms with Gasteiger partial charge < -0.3 is 0 Å². The van der Waals surface area contributed by atoms with Crippen LogP contribution < -0.4 is 0 Å². The van der Waals surface area contributed by atoms with Crippen LogP contribution in [0.3, 0.4) is 0 Å². The van der Waals surface area contributed by atoms with E-state index >= 15 is 0 Å². The molecule has 0 spiro atoms. The third-order valence-electron chi connectivity index (χ3n) is 2.94. The van der Waals surface area contributed by atoms with E-state index in [9.17, 15) is 0 Å². The minimum atomic E-state index is 0.788. The van der Waals surface area contributed by atoms with Crippen LogP contribution in [0.25, 0.3) is 0 Å². The lowest BCUT2D eigenvalue weighted by Gasteiger charge is -2.11. The van der Waals surface area contributed by atoms with Crippen LogP contribution in [0.5, 0.6) is 0 Å². The molecule has 0 heteroatoms. The highest BCUT2D eigenvalue weighted by atomic mass is 14.1. The third kappa shape index (κ3) is 8.34. The summed E-state index contributed by atoms with van der Waals surface area (Å²) in [5.74, 6) is 0.788. The van der Waals surface area contributed by atoms with Crippen molar-refractivity contribution in [3.63, 3.8) is 0 Å². The van der Waals surface area contributed by atoms with E-state index < -0.39 is 0 Å². The summed E-state index contributed by atoms with van der Waals surface area (Å²) in [5.41, 5.74) is 0. The van der Waals surface area contributed by atoms with Crippen molar-refractivity contribution in [2.24, 2.45) is 5.92 Å². The molecule has 0 N–H and O–H groups in total. The van der Waals surface area contributed by atoms with Gasteiger partial charge in [-0.25, -0.2) is 0 Å². The molecule has 0 aromatic rings. The van der Waals surface area contributed by atoms with Crippen LogP contribution in [0, 0.1) is 5.92 Å². The van der Waals surface area contributed by atoms with Crippen molar-refractivity contribution in [2.75, 3.05) is 0 Å². The first-order valence-electron chi connectivity index (χ1n) is 6.47. The molecule has 0 saturated carbocycles. The molecular weight excluding hydrogens is 168 g/mol. The van der Waals surface area contributed by atoms with E-state index in [0.717, 1.165) is 5.92 Å². The van der Waals surface area contributed by atoms with Crippen LogP contribution in [0.2, 0.25) is 0 Å². The van der Waals surface area contributed by atoms with Gasteiger partial charge in [0.1, 0.15) is 0 Å². The first kappa shape index (κ1) is 13.7. The van der Waals surface area contributed by atoms with Crippen LogP contribution in [0.1, 0.15) is 71.6 Å². The van der Waals surface area contributed by atoms with E-state index in [1.807, 2.05) is 0 Å². The first-order valence-corrected chi connectivity index (χ1v) is 6.47. The Morgan fingerprint density at radius 2 is 1.43 bits per heavy atom. The standard InChI is InChI=1S/C14H28/c1-4-7-9-10-11-13-14(6-3)12-8-5-2/h6,14H,3-5,7-13H2,1-2H3. The van der Waals surface area contributed by atoms with Gasteiger partial charge in [0, 0.05) is 0 Å². The second kappa shape index (κ2) is 10.8. The lowest BCUT2D eigenvalue weighted by Crippen LogP contribution is -1.96. The predicted molar refractivity (Wildman–Crippen MR) is 66.6 cm³/mol. The number of hydrogen-bond donors (Lipinski definition) is 0. The minimum absolute atomic E-state index is 0.788. The second-order valence-corrected chi connectivity index (χ2v) is 4.34. The second-order valence-electron chi connectivity index (χ2n) is 4.34. The smallest absolute Gasteiger partial charge is 0.0236 e. The van der Waals surface area contributed by atoms with Crippen LogP contribution >= 0.6 is 0 Å². The number of rotatable bonds is 10. The third-order valence-corrected chi connectivity index (χ3v) is 2.94. The quantitative estimate of drug-likeness (QED) is 0.327. The summed E-state index contributed by atoms with van der Waals surface area (Å²) in [7, 11) is 0. The van der Waals surface area contributed by atoms with E-state index in [2.05, 4.69) is 26.5 Å². The Bertz CT molecular complexity index is 115. The average molecular weight is 196 g/mol. The van der Waals surface area contributed by atoms with Crippen LogP contribution in [-0.2, 0) is 0 Å². The molecule has 0 aliphatic heterocycles. The van der Waals surface area contributed by atoms with Gasteiger partial charge in [0.15, 0.2) is 0 Å². The highest BCUT2D eigenvalue weighted by molar-refractivity contribution is 4.78. The number of allylic oxidation sites excluding steroid dienone is 1. The highest BCUT2D eigenvalue weighted by Crippen LogP contribution is 2.18. The van der Waals surface area contributed by atoms with E-state index in [1.54, 1.807) is 0 Å². The molecule has 0 aromatic heterocycles. The van der Waals surface area contributed by atoms with Gasteiger partial charge in [-0.2, -0.15) is 0 Å². The highest BCUT2D eigenvalue weighted by Gasteiger charge is 2.02. The summed E-state index contributed by atoms with van der Waals surface area (Å²) < 4.78 is 0. The molecule has 0 nitrogen and oxygen atoms in total. The molecule has 0 heterocycles. The fraction of sp³-hybridized carbons (Fsp3) is 0.857. The van der Waals surface area contributed by atoms with Gasteiger partial charge in [-0.1, -0.05) is 64.9 Å². The fourth-order valence-corrected chi connectivity index (χ4v) is 1.86. The lowest BCUT2D eigenvalue weighted by molar-refractivity contribution is 0.481. The van der Waals surface area contributed by atoms with Gasteiger partial charge in [0.2, 0.25) is 0 Å². The van der Waals surface area contributed by atoms with Crippen LogP contribution in [-0.4, -0.2) is 0 Å². The van der Waals surface area contributed by atoms with Gasteiger partial charge in [-0.15, -0.1) is 6.58 Å². The van der Waals surface area contributed by atoms with E-state index in [1.165, 1.54) is 57.8 Å². The molecule has 0 aliphatic carbocycles. The first-order chi connectivity index (χ1) is 6.85. The van der Waals surface area contributed by atoms with Crippen LogP contribution in [0.15, 0.2) is 12.7 Å². The van der Waals surface area contributed by atoms with Gasteiger partial charge in [0.25, 0.3) is 0 Å². The maximum absolute atomic E-state index is 3.93. The van der Waals surface area contributed by atoms with Gasteiger partial charge in [-0.3, -0.25) is 0 Å². The Morgan fingerprint density at radius 3 is 2.00 bits per heavy atom. The molecule has 0 aliphatic rings. The monoisotopic (exact) mass is 196 g/mol. The molecule has 1 unspecified atom stereocenters. The van der Waals surface area contributed by atoms with Crippen molar-refractivity contribution in [1.29, 1.82) is 0 Å². The fourth-order valence-electron chi connectivity index (χ4n) is 1.86. The topological polar surface area (TPSA) is 0 Å². The van der Waals surface area contributed by atoms with E-state index in [0.29, 0.717) is 0 Å². The zero-order chi connectivity index (χ0) is 10.6. The van der Waals surface area contributed by atoms with E-state index in [-0.39, 0.29) is 0 Å². The Hall–Kier alpha value is -0.260. The van der Waals surface area contributed by atoms with Gasteiger partial charge in [0.05, 0.1) is 0 Å². The Balaban J connectivity index is 3.28. The number of hydrogen-bond acceptors (Lipinski definition) is 0. The van der Waals surface area contributed by atoms with E-state index in [4.69, 9.17) is 0 Å². The molecule has 0 radical (unpaired) electrons. The molecule has 14 heavy (non-hydrogen) atoms. The maximum Gasteiger partial charge on any atom is -0.0236 e. The Labute approximate surface area is 90.8 Å². The maximum atomic E-state index is 3.93. The van der Waals surface area contributed by atoms with Crippen LogP contribution in [0.4, 0.5) is 0 Å². The molecular formula is C14H28. The van der Waals surface area contributed by atoms with Crippen molar-refractivity contribution in [2.45, 2.75) is 71.6 Å². The molecule has 0 bridgehead atoms. The Morgan fingerprint density at radius 1 is 0.857 bits per heavy atom. The summed E-state index contributed by atoms with van der Waals surface area (Å²) >= 11 is 0. The molecule has 0 aromatic carbocycles. The SMILES string of the molecule is C=CC(CCCC)CCCCCCC. The van der Waals surface area contributed by atoms with Crippen molar-refractivity contribution < 1.29 is 0 Å². The van der Waals surface area contributed by atoms with Crippen molar-refractivity contribution in [3.8, 4) is 0 Å². The summed E-state index contributed by atoms with van der Waals surface area (Å²) in [5, 5.41) is 0. The molecule has 1 atom stereocenters. The number of unbranched alkanes of at least 4 members (excludes halogenated alkanes) is 5. The van der Waals surface area contributed by atoms with Gasteiger partial charge >= 0.3 is 0 Å². The lowest BCUT2D eigenvalue weighted by atomic mass is 9.95. The zero-order valence-corrected chi connectivity index (χ0v) is 10.2. The van der Waals surface area contributed by atoms with Gasteiger partial charge in [-0.05, 0) is 18.8 Å². The summed E-state index contributed by atoms with van der Waals surface area (Å²) in [4.78, 5) is 0. The zero-order valence-electron chi connectivity index (χ0n) is 10.2. The average Bonchev–Trinajstić information content (AvgIpc) is 2.22. The van der Waals surface area contributed by atoms with Crippen molar-refractivity contribution in [3.05, 3.63) is 12.7 Å². The molecule has 0 saturated heterocycles. The normalized spacial score (nSPS) is 12.7. The predicted octanol–water partition coefficient (Wildman–Crippen LogP) is 5.34. The summed E-state index contributed by atoms with van der Waals surface area (Å²) in [6.07, 6.45) is 14.6. The van der Waals surface area contributed by atoms with Crippen molar-refractivity contribution >= 4 is 0 Å². The molecule has 84 valence electrons.